The summed E-state index contributed by atoms with van der Waals surface area (Å²) in [4.78, 5) is 0. The van der Waals surface area contributed by atoms with E-state index in [9.17, 15) is 0 Å². The standard InChI is InChI=1S/C14H29N.2H2O/c1-11(2)5-4-6-14(15)13-9-7-12(3)8-10-13;;/h11-14H,4-10,15H2,1-3H3;2*1H2. The number of rotatable bonds is 5. The largest absolute Gasteiger partial charge is 0.412 e. The molecule has 0 amide bonds. The number of hydrogen-bond donors (Lipinski definition) is 1. The van der Waals surface area contributed by atoms with Crippen molar-refractivity contribution in [2.45, 2.75) is 71.8 Å². The number of hydrogen-bond acceptors (Lipinski definition) is 1. The molecule has 0 radical (unpaired) electrons. The van der Waals surface area contributed by atoms with E-state index in [-0.39, 0.29) is 11.0 Å². The quantitative estimate of drug-likeness (QED) is 0.793. The van der Waals surface area contributed by atoms with Gasteiger partial charge < -0.3 is 16.7 Å². The zero-order chi connectivity index (χ0) is 11.3. The second-order valence-corrected chi connectivity index (χ2v) is 6.01. The van der Waals surface area contributed by atoms with Gasteiger partial charge >= 0.3 is 0 Å². The summed E-state index contributed by atoms with van der Waals surface area (Å²) in [6.45, 7) is 6.97. The molecule has 1 aliphatic rings. The molecule has 1 rings (SSSR count). The van der Waals surface area contributed by atoms with E-state index < -0.39 is 0 Å². The van der Waals surface area contributed by atoms with Crippen LogP contribution in [0.25, 0.3) is 0 Å². The van der Waals surface area contributed by atoms with Gasteiger partial charge in [-0.3, -0.25) is 0 Å². The molecule has 106 valence electrons. The lowest BCUT2D eigenvalue weighted by atomic mass is 9.78. The summed E-state index contributed by atoms with van der Waals surface area (Å²) < 4.78 is 0. The fourth-order valence-corrected chi connectivity index (χ4v) is 2.71. The molecule has 0 bridgehead atoms. The van der Waals surface area contributed by atoms with Crippen LogP contribution in [0.2, 0.25) is 0 Å². The molecule has 0 aromatic rings. The highest BCUT2D eigenvalue weighted by atomic mass is 16.0. The number of nitrogens with two attached hydrogens (primary N) is 1. The molecule has 1 saturated carbocycles. The minimum Gasteiger partial charge on any atom is -0.412 e. The lowest BCUT2D eigenvalue weighted by molar-refractivity contribution is 0.244. The molecule has 3 heteroatoms. The van der Waals surface area contributed by atoms with Gasteiger partial charge in [0.25, 0.3) is 0 Å². The SMILES string of the molecule is CC(C)CCCC(N)C1CCC(C)CC1.O.O. The molecule has 0 spiro atoms. The molecule has 1 fully saturated rings. The van der Waals surface area contributed by atoms with Gasteiger partial charge in [-0.05, 0) is 37.0 Å². The smallest absolute Gasteiger partial charge is 0.00671 e. The molecule has 0 aromatic heterocycles. The van der Waals surface area contributed by atoms with Crippen molar-refractivity contribution in [3.05, 3.63) is 0 Å². The lowest BCUT2D eigenvalue weighted by Gasteiger charge is -2.30. The highest BCUT2D eigenvalue weighted by molar-refractivity contribution is 4.78. The van der Waals surface area contributed by atoms with Crippen LogP contribution < -0.4 is 5.73 Å². The van der Waals surface area contributed by atoms with Gasteiger partial charge in [0, 0.05) is 6.04 Å². The zero-order valence-electron chi connectivity index (χ0n) is 11.8. The third kappa shape index (κ3) is 7.74. The summed E-state index contributed by atoms with van der Waals surface area (Å²) in [5.41, 5.74) is 6.28. The van der Waals surface area contributed by atoms with Gasteiger partial charge in [0.2, 0.25) is 0 Å². The highest BCUT2D eigenvalue weighted by Gasteiger charge is 2.23. The molecular formula is C14H33NO2. The van der Waals surface area contributed by atoms with E-state index >= 15 is 0 Å². The van der Waals surface area contributed by atoms with Crippen LogP contribution in [-0.4, -0.2) is 17.0 Å². The van der Waals surface area contributed by atoms with Crippen molar-refractivity contribution >= 4 is 0 Å². The van der Waals surface area contributed by atoms with Crippen molar-refractivity contribution in [2.75, 3.05) is 0 Å². The molecule has 17 heavy (non-hydrogen) atoms. The van der Waals surface area contributed by atoms with Crippen LogP contribution in [0.3, 0.4) is 0 Å². The average Bonchev–Trinajstić information content (AvgIpc) is 2.18. The molecule has 0 saturated heterocycles. The first-order valence-corrected chi connectivity index (χ1v) is 6.85. The molecule has 0 aromatic carbocycles. The fraction of sp³-hybridized carbons (Fsp3) is 1.00. The van der Waals surface area contributed by atoms with Gasteiger partial charge in [-0.2, -0.15) is 0 Å². The van der Waals surface area contributed by atoms with Crippen molar-refractivity contribution < 1.29 is 11.0 Å². The van der Waals surface area contributed by atoms with Gasteiger partial charge in [0.05, 0.1) is 0 Å². The van der Waals surface area contributed by atoms with E-state index in [0.29, 0.717) is 6.04 Å². The van der Waals surface area contributed by atoms with E-state index in [4.69, 9.17) is 5.73 Å². The molecule has 0 heterocycles. The van der Waals surface area contributed by atoms with Crippen LogP contribution in [0.5, 0.6) is 0 Å². The Kier molecular flexibility index (Phi) is 11.2. The Hall–Kier alpha value is -0.120. The second kappa shape index (κ2) is 9.86. The van der Waals surface area contributed by atoms with Gasteiger partial charge in [-0.25, -0.2) is 0 Å². The molecule has 0 aliphatic heterocycles. The summed E-state index contributed by atoms with van der Waals surface area (Å²) in [7, 11) is 0. The van der Waals surface area contributed by atoms with Gasteiger partial charge in [-0.15, -0.1) is 0 Å². The average molecular weight is 247 g/mol. The Morgan fingerprint density at radius 1 is 1.00 bits per heavy atom. The maximum absolute atomic E-state index is 6.28. The first-order valence-electron chi connectivity index (χ1n) is 6.85. The third-order valence-electron chi connectivity index (χ3n) is 3.98. The van der Waals surface area contributed by atoms with Crippen LogP contribution in [0.15, 0.2) is 0 Å². The van der Waals surface area contributed by atoms with E-state index in [1.807, 2.05) is 0 Å². The Morgan fingerprint density at radius 2 is 1.53 bits per heavy atom. The maximum Gasteiger partial charge on any atom is 0.00671 e. The van der Waals surface area contributed by atoms with Crippen LogP contribution >= 0.6 is 0 Å². The van der Waals surface area contributed by atoms with Crippen LogP contribution in [0, 0.1) is 17.8 Å². The van der Waals surface area contributed by atoms with Crippen LogP contribution in [-0.2, 0) is 0 Å². The van der Waals surface area contributed by atoms with Gasteiger partial charge in [0.1, 0.15) is 0 Å². The summed E-state index contributed by atoms with van der Waals surface area (Å²) in [5.74, 6) is 2.61. The lowest BCUT2D eigenvalue weighted by Crippen LogP contribution is -2.32. The second-order valence-electron chi connectivity index (χ2n) is 6.01. The predicted molar refractivity (Wildman–Crippen MR) is 75.0 cm³/mol. The Labute approximate surface area is 107 Å². The summed E-state index contributed by atoms with van der Waals surface area (Å²) in [5, 5.41) is 0. The van der Waals surface area contributed by atoms with Crippen molar-refractivity contribution in [2.24, 2.45) is 23.5 Å². The predicted octanol–water partition coefficient (Wildman–Crippen LogP) is 2.32. The fourth-order valence-electron chi connectivity index (χ4n) is 2.71. The van der Waals surface area contributed by atoms with E-state index in [1.165, 1.54) is 44.9 Å². The molecule has 1 atom stereocenters. The summed E-state index contributed by atoms with van der Waals surface area (Å²) in [6, 6.07) is 0.483. The third-order valence-corrected chi connectivity index (χ3v) is 3.98. The molecule has 1 unspecified atom stereocenters. The van der Waals surface area contributed by atoms with Gasteiger partial charge in [-0.1, -0.05) is 46.5 Å². The zero-order valence-corrected chi connectivity index (χ0v) is 11.8. The Morgan fingerprint density at radius 3 is 2.00 bits per heavy atom. The molecule has 3 nitrogen and oxygen atoms in total. The van der Waals surface area contributed by atoms with E-state index in [1.54, 1.807) is 0 Å². The Balaban J connectivity index is 0. The molecule has 1 aliphatic carbocycles. The van der Waals surface area contributed by atoms with Crippen molar-refractivity contribution in [1.29, 1.82) is 0 Å². The molecular weight excluding hydrogens is 214 g/mol. The minimum absolute atomic E-state index is 0. The summed E-state index contributed by atoms with van der Waals surface area (Å²) >= 11 is 0. The molecule has 6 N–H and O–H groups in total. The van der Waals surface area contributed by atoms with Crippen LogP contribution in [0.1, 0.15) is 65.7 Å². The first-order chi connectivity index (χ1) is 7.09. The van der Waals surface area contributed by atoms with Crippen molar-refractivity contribution in [3.63, 3.8) is 0 Å². The van der Waals surface area contributed by atoms with Gasteiger partial charge in [0.15, 0.2) is 0 Å². The van der Waals surface area contributed by atoms with E-state index in [0.717, 1.165) is 17.8 Å². The van der Waals surface area contributed by atoms with E-state index in [2.05, 4.69) is 20.8 Å². The van der Waals surface area contributed by atoms with Crippen molar-refractivity contribution in [1.82, 2.24) is 0 Å². The maximum atomic E-state index is 6.28. The van der Waals surface area contributed by atoms with Crippen molar-refractivity contribution in [3.8, 4) is 0 Å². The van der Waals surface area contributed by atoms with Crippen LogP contribution in [0.4, 0.5) is 0 Å². The topological polar surface area (TPSA) is 89.0 Å². The Bertz CT molecular complexity index is 166. The normalized spacial score (nSPS) is 25.9. The highest BCUT2D eigenvalue weighted by Crippen LogP contribution is 2.31. The first kappa shape index (κ1) is 19.2. The summed E-state index contributed by atoms with van der Waals surface area (Å²) in [6.07, 6.45) is 9.48. The monoisotopic (exact) mass is 247 g/mol. The minimum atomic E-state index is 0.